The normalized spacial score (nSPS) is 20.0. The van der Waals surface area contributed by atoms with Crippen molar-refractivity contribution in [3.8, 4) is 0 Å². The van der Waals surface area contributed by atoms with E-state index >= 15 is 0 Å². The number of hydrogen-bond acceptors (Lipinski definition) is 2. The van der Waals surface area contributed by atoms with Crippen LogP contribution >= 0.6 is 0 Å². The average Bonchev–Trinajstić information content (AvgIpc) is 2.85. The molecule has 1 unspecified atom stereocenters. The summed E-state index contributed by atoms with van der Waals surface area (Å²) in [7, 11) is 0. The monoisotopic (exact) mass is 185 g/mol. The highest BCUT2D eigenvalue weighted by Crippen LogP contribution is 2.18. The Kier molecular flexibility index (Phi) is 4.02. The summed E-state index contributed by atoms with van der Waals surface area (Å²) in [6, 6.07) is 0.567. The van der Waals surface area contributed by atoms with Gasteiger partial charge in [-0.15, -0.1) is 0 Å². The van der Waals surface area contributed by atoms with Crippen molar-refractivity contribution in [3.63, 3.8) is 0 Å². The van der Waals surface area contributed by atoms with Gasteiger partial charge in [0.1, 0.15) is 0 Å². The topological polar surface area (TPSA) is 70.6 Å². The fourth-order valence-corrected chi connectivity index (χ4v) is 1.05. The van der Waals surface area contributed by atoms with Gasteiger partial charge in [-0.2, -0.15) is 0 Å². The van der Waals surface area contributed by atoms with E-state index in [0.29, 0.717) is 24.5 Å². The first-order valence-electron chi connectivity index (χ1n) is 4.89. The molecule has 1 aliphatic carbocycles. The summed E-state index contributed by atoms with van der Waals surface area (Å²) in [5.74, 6) is 0.955. The van der Waals surface area contributed by atoms with Gasteiger partial charge in [-0.25, -0.2) is 0 Å². The molecule has 1 fully saturated rings. The first-order chi connectivity index (χ1) is 6.22. The number of nitrogens with one attached hydrogen (secondary N) is 1. The van der Waals surface area contributed by atoms with E-state index in [1.807, 2.05) is 0 Å². The number of guanidine groups is 1. The van der Waals surface area contributed by atoms with Crippen molar-refractivity contribution >= 4 is 5.96 Å². The van der Waals surface area contributed by atoms with Crippen molar-refractivity contribution < 1.29 is 5.11 Å². The van der Waals surface area contributed by atoms with Crippen molar-refractivity contribution in [2.24, 2.45) is 16.6 Å². The molecular formula is C9H19N3O. The minimum Gasteiger partial charge on any atom is -0.396 e. The van der Waals surface area contributed by atoms with Crippen LogP contribution in [-0.4, -0.2) is 30.3 Å². The van der Waals surface area contributed by atoms with Crippen molar-refractivity contribution in [2.45, 2.75) is 32.2 Å². The average molecular weight is 185 g/mol. The van der Waals surface area contributed by atoms with Gasteiger partial charge in [0.05, 0.1) is 0 Å². The molecule has 0 aliphatic heterocycles. The summed E-state index contributed by atoms with van der Waals surface area (Å²) in [6.45, 7) is 2.99. The second-order valence-corrected chi connectivity index (χ2v) is 3.76. The number of nitrogens with zero attached hydrogens (tertiary/aromatic N) is 1. The van der Waals surface area contributed by atoms with Crippen LogP contribution in [0.3, 0.4) is 0 Å². The molecule has 0 spiro atoms. The van der Waals surface area contributed by atoms with Crippen LogP contribution < -0.4 is 11.1 Å². The van der Waals surface area contributed by atoms with E-state index in [1.165, 1.54) is 12.8 Å². The SMILES string of the molecule is CC(CCO)CN=C(N)NC1CC1. The van der Waals surface area contributed by atoms with Crippen molar-refractivity contribution in [1.82, 2.24) is 5.32 Å². The molecular weight excluding hydrogens is 166 g/mol. The number of nitrogens with two attached hydrogens (primary N) is 1. The predicted molar refractivity (Wildman–Crippen MR) is 53.5 cm³/mol. The Hall–Kier alpha value is -0.770. The summed E-state index contributed by atoms with van der Waals surface area (Å²) in [4.78, 5) is 4.20. The molecule has 0 aromatic heterocycles. The molecule has 1 aliphatic rings. The molecule has 0 bridgehead atoms. The predicted octanol–water partition coefficient (Wildman–Crippen LogP) is 0.0716. The maximum Gasteiger partial charge on any atom is 0.188 e. The van der Waals surface area contributed by atoms with Crippen molar-refractivity contribution in [3.05, 3.63) is 0 Å². The highest BCUT2D eigenvalue weighted by molar-refractivity contribution is 5.78. The second kappa shape index (κ2) is 5.07. The lowest BCUT2D eigenvalue weighted by Gasteiger charge is -2.07. The van der Waals surface area contributed by atoms with E-state index in [-0.39, 0.29) is 6.61 Å². The zero-order valence-corrected chi connectivity index (χ0v) is 8.16. The maximum atomic E-state index is 8.66. The third-order valence-corrected chi connectivity index (χ3v) is 2.12. The van der Waals surface area contributed by atoms with E-state index in [0.717, 1.165) is 6.42 Å². The third kappa shape index (κ3) is 4.72. The number of aliphatic imine (C=N–C) groups is 1. The Morgan fingerprint density at radius 2 is 2.38 bits per heavy atom. The Balaban J connectivity index is 2.12. The van der Waals surface area contributed by atoms with Gasteiger partial charge in [0.15, 0.2) is 5.96 Å². The molecule has 0 heterocycles. The first kappa shape index (κ1) is 10.3. The standard InChI is InChI=1S/C9H19N3O/c1-7(4-5-13)6-11-9(10)12-8-2-3-8/h7-8,13H,2-6H2,1H3,(H3,10,11,12). The summed E-state index contributed by atoms with van der Waals surface area (Å²) >= 11 is 0. The van der Waals surface area contributed by atoms with Gasteiger partial charge in [-0.3, -0.25) is 4.99 Å². The molecule has 0 aromatic rings. The maximum absolute atomic E-state index is 8.66. The number of aliphatic hydroxyl groups is 1. The first-order valence-corrected chi connectivity index (χ1v) is 4.89. The van der Waals surface area contributed by atoms with E-state index in [4.69, 9.17) is 10.8 Å². The van der Waals surface area contributed by atoms with Gasteiger partial charge in [0.25, 0.3) is 0 Å². The lowest BCUT2D eigenvalue weighted by atomic mass is 10.1. The summed E-state index contributed by atoms with van der Waals surface area (Å²) in [6.07, 6.45) is 3.21. The van der Waals surface area contributed by atoms with E-state index < -0.39 is 0 Å². The van der Waals surface area contributed by atoms with E-state index in [1.54, 1.807) is 0 Å². The lowest BCUT2D eigenvalue weighted by molar-refractivity contribution is 0.264. The van der Waals surface area contributed by atoms with Gasteiger partial charge in [-0.1, -0.05) is 6.92 Å². The Labute approximate surface area is 79.2 Å². The van der Waals surface area contributed by atoms with Crippen LogP contribution in [0.1, 0.15) is 26.2 Å². The smallest absolute Gasteiger partial charge is 0.188 e. The second-order valence-electron chi connectivity index (χ2n) is 3.76. The van der Waals surface area contributed by atoms with Crippen molar-refractivity contribution in [2.75, 3.05) is 13.2 Å². The molecule has 1 rings (SSSR count). The minimum absolute atomic E-state index is 0.229. The van der Waals surface area contributed by atoms with Crippen LogP contribution in [0.25, 0.3) is 0 Å². The highest BCUT2D eigenvalue weighted by atomic mass is 16.3. The van der Waals surface area contributed by atoms with Gasteiger partial charge >= 0.3 is 0 Å². The molecule has 4 nitrogen and oxygen atoms in total. The molecule has 0 amide bonds. The molecule has 0 saturated heterocycles. The lowest BCUT2D eigenvalue weighted by Crippen LogP contribution is -2.33. The molecule has 13 heavy (non-hydrogen) atoms. The number of aliphatic hydroxyl groups excluding tert-OH is 1. The van der Waals surface area contributed by atoms with Crippen LogP contribution in [0.2, 0.25) is 0 Å². The highest BCUT2D eigenvalue weighted by Gasteiger charge is 2.21. The Morgan fingerprint density at radius 3 is 2.92 bits per heavy atom. The van der Waals surface area contributed by atoms with Crippen LogP contribution in [0.15, 0.2) is 4.99 Å². The Bertz CT molecular complexity index is 178. The van der Waals surface area contributed by atoms with Crippen LogP contribution in [-0.2, 0) is 0 Å². The van der Waals surface area contributed by atoms with Crippen molar-refractivity contribution in [1.29, 1.82) is 0 Å². The zero-order chi connectivity index (χ0) is 9.68. The largest absolute Gasteiger partial charge is 0.396 e. The van der Waals surface area contributed by atoms with Gasteiger partial charge in [0, 0.05) is 19.2 Å². The van der Waals surface area contributed by atoms with Gasteiger partial charge in [-0.05, 0) is 25.2 Å². The molecule has 0 aromatic carbocycles. The molecule has 4 N–H and O–H groups in total. The van der Waals surface area contributed by atoms with Crippen LogP contribution in [0.4, 0.5) is 0 Å². The molecule has 0 radical (unpaired) electrons. The van der Waals surface area contributed by atoms with Crippen LogP contribution in [0.5, 0.6) is 0 Å². The van der Waals surface area contributed by atoms with Crippen LogP contribution in [0, 0.1) is 5.92 Å². The number of rotatable bonds is 5. The molecule has 1 atom stereocenters. The molecule has 76 valence electrons. The number of hydrogen-bond donors (Lipinski definition) is 3. The summed E-state index contributed by atoms with van der Waals surface area (Å²) in [5.41, 5.74) is 5.64. The minimum atomic E-state index is 0.229. The van der Waals surface area contributed by atoms with Gasteiger partial charge in [0.2, 0.25) is 0 Å². The van der Waals surface area contributed by atoms with Gasteiger partial charge < -0.3 is 16.2 Å². The fraction of sp³-hybridized carbons (Fsp3) is 0.889. The third-order valence-electron chi connectivity index (χ3n) is 2.12. The van der Waals surface area contributed by atoms with E-state index in [2.05, 4.69) is 17.2 Å². The summed E-state index contributed by atoms with van der Waals surface area (Å²) < 4.78 is 0. The fourth-order valence-electron chi connectivity index (χ4n) is 1.05. The quantitative estimate of drug-likeness (QED) is 0.419. The van der Waals surface area contributed by atoms with E-state index in [9.17, 15) is 0 Å². The molecule has 4 heteroatoms. The summed E-state index contributed by atoms with van der Waals surface area (Å²) in [5, 5.41) is 11.8. The zero-order valence-electron chi connectivity index (χ0n) is 8.16. The Morgan fingerprint density at radius 1 is 1.69 bits per heavy atom. The molecule has 1 saturated carbocycles.